The zero-order valence-electron chi connectivity index (χ0n) is 11.5. The highest BCUT2D eigenvalue weighted by Crippen LogP contribution is 2.42. The first-order valence-electron chi connectivity index (χ1n) is 6.05. The molecule has 1 heterocycles. The molecule has 0 aliphatic carbocycles. The number of methoxy groups -OCH3 is 1. The Kier molecular flexibility index (Phi) is 4.65. The third kappa shape index (κ3) is 3.84. The molecule has 0 amide bonds. The number of halogens is 4. The average Bonchev–Trinajstić information content (AvgIpc) is 2.47. The Morgan fingerprint density at radius 3 is 2.57 bits per heavy atom. The smallest absolute Gasteiger partial charge is 0.420 e. The van der Waals surface area contributed by atoms with Crippen LogP contribution in [0.3, 0.4) is 0 Å². The summed E-state index contributed by atoms with van der Waals surface area (Å²) in [4.78, 5) is 14.6. The molecule has 0 saturated carbocycles. The molecule has 0 bridgehead atoms. The Hall–Kier alpha value is -2.48. The van der Waals surface area contributed by atoms with Crippen LogP contribution in [-0.2, 0) is 6.18 Å². The molecule has 2 rings (SSSR count). The van der Waals surface area contributed by atoms with Crippen LogP contribution in [0.2, 0.25) is 5.02 Å². The van der Waals surface area contributed by atoms with Gasteiger partial charge in [0.25, 0.3) is 0 Å². The van der Waals surface area contributed by atoms with Gasteiger partial charge in [-0.2, -0.15) is 13.2 Å². The van der Waals surface area contributed by atoms with Gasteiger partial charge in [0.1, 0.15) is 5.75 Å². The topological polar surface area (TPSA) is 68.7 Å². The maximum atomic E-state index is 13.0. The van der Waals surface area contributed by atoms with Crippen LogP contribution in [0.15, 0.2) is 30.3 Å². The fourth-order valence-corrected chi connectivity index (χ4v) is 1.91. The van der Waals surface area contributed by atoms with Crippen molar-refractivity contribution in [2.24, 2.45) is 0 Å². The van der Waals surface area contributed by atoms with Crippen molar-refractivity contribution in [2.45, 2.75) is 6.18 Å². The van der Waals surface area contributed by atoms with Gasteiger partial charge in [-0.05, 0) is 12.1 Å². The maximum absolute atomic E-state index is 13.0. The number of nitrogens with zero attached hydrogens (tertiary/aromatic N) is 1. The number of pyridine rings is 1. The summed E-state index contributed by atoms with van der Waals surface area (Å²) < 4.78 is 49.0. The van der Waals surface area contributed by atoms with E-state index in [1.807, 2.05) is 0 Å². The summed E-state index contributed by atoms with van der Waals surface area (Å²) in [7, 11) is 1.27. The van der Waals surface area contributed by atoms with Crippen LogP contribution in [0.4, 0.5) is 13.2 Å². The lowest BCUT2D eigenvalue weighted by Crippen LogP contribution is -2.08. The molecule has 0 saturated heterocycles. The second kappa shape index (κ2) is 6.33. The number of aromatic carboxylic acids is 1. The summed E-state index contributed by atoms with van der Waals surface area (Å²) in [6.45, 7) is 0. The number of alkyl halides is 3. The van der Waals surface area contributed by atoms with Gasteiger partial charge in [-0.15, -0.1) is 0 Å². The third-order valence-electron chi connectivity index (χ3n) is 2.71. The standard InChI is InChI=1S/C14H9ClF3NO4/c1-22-7-5-10(13(20)21)19-11(6-7)23-12-8(14(16,17)18)3-2-4-9(12)15/h2-6H,1H3,(H,20,21). The molecule has 0 spiro atoms. The molecule has 0 aliphatic rings. The average molecular weight is 348 g/mol. The second-order valence-electron chi connectivity index (χ2n) is 4.25. The van der Waals surface area contributed by atoms with Crippen LogP contribution in [0.1, 0.15) is 16.1 Å². The highest BCUT2D eigenvalue weighted by atomic mass is 35.5. The lowest BCUT2D eigenvalue weighted by atomic mass is 10.2. The van der Waals surface area contributed by atoms with E-state index in [2.05, 4.69) is 4.98 Å². The zero-order chi connectivity index (χ0) is 17.2. The Balaban J connectivity index is 2.51. The molecule has 9 heteroatoms. The molecule has 5 nitrogen and oxygen atoms in total. The lowest BCUT2D eigenvalue weighted by molar-refractivity contribution is -0.138. The number of hydrogen-bond donors (Lipinski definition) is 1. The van der Waals surface area contributed by atoms with E-state index in [-0.39, 0.29) is 16.7 Å². The molecule has 0 fully saturated rings. The lowest BCUT2D eigenvalue weighted by Gasteiger charge is -2.15. The van der Waals surface area contributed by atoms with E-state index >= 15 is 0 Å². The Morgan fingerprint density at radius 1 is 1.30 bits per heavy atom. The predicted octanol–water partition coefficient (Wildman–Crippen LogP) is 4.25. The van der Waals surface area contributed by atoms with Crippen molar-refractivity contribution < 1.29 is 32.5 Å². The van der Waals surface area contributed by atoms with Gasteiger partial charge in [0, 0.05) is 12.1 Å². The molecular formula is C14H9ClF3NO4. The van der Waals surface area contributed by atoms with Crippen molar-refractivity contribution in [3.8, 4) is 17.4 Å². The normalized spacial score (nSPS) is 11.2. The molecule has 0 atom stereocenters. The van der Waals surface area contributed by atoms with E-state index in [0.717, 1.165) is 24.3 Å². The number of carboxylic acid groups (broad SMARTS) is 1. The van der Waals surface area contributed by atoms with E-state index in [1.54, 1.807) is 0 Å². The Bertz CT molecular complexity index is 749. The van der Waals surface area contributed by atoms with Crippen LogP contribution in [0, 0.1) is 0 Å². The first-order valence-corrected chi connectivity index (χ1v) is 6.43. The van der Waals surface area contributed by atoms with Gasteiger partial charge < -0.3 is 14.6 Å². The number of para-hydroxylation sites is 1. The number of ether oxygens (including phenoxy) is 2. The largest absolute Gasteiger partial charge is 0.496 e. The maximum Gasteiger partial charge on any atom is 0.420 e. The van der Waals surface area contributed by atoms with Crippen molar-refractivity contribution in [3.63, 3.8) is 0 Å². The Morgan fingerprint density at radius 2 is 2.00 bits per heavy atom. The molecular weight excluding hydrogens is 339 g/mol. The predicted molar refractivity (Wildman–Crippen MR) is 74.3 cm³/mol. The summed E-state index contributed by atoms with van der Waals surface area (Å²) >= 11 is 5.76. The SMILES string of the molecule is COc1cc(Oc2c(Cl)cccc2C(F)(F)F)nc(C(=O)O)c1. The van der Waals surface area contributed by atoms with Gasteiger partial charge in [-0.1, -0.05) is 17.7 Å². The van der Waals surface area contributed by atoms with Crippen molar-refractivity contribution in [3.05, 3.63) is 46.6 Å². The van der Waals surface area contributed by atoms with Gasteiger partial charge in [0.15, 0.2) is 11.4 Å². The first kappa shape index (κ1) is 16.9. The fraction of sp³-hybridized carbons (Fsp3) is 0.143. The summed E-state index contributed by atoms with van der Waals surface area (Å²) in [5, 5.41) is 8.66. The van der Waals surface area contributed by atoms with Crippen LogP contribution < -0.4 is 9.47 Å². The van der Waals surface area contributed by atoms with Gasteiger partial charge in [-0.25, -0.2) is 9.78 Å². The van der Waals surface area contributed by atoms with E-state index < -0.39 is 29.2 Å². The third-order valence-corrected chi connectivity index (χ3v) is 3.01. The van der Waals surface area contributed by atoms with Gasteiger partial charge in [0.05, 0.1) is 17.7 Å². The zero-order valence-corrected chi connectivity index (χ0v) is 12.3. The van der Waals surface area contributed by atoms with Crippen molar-refractivity contribution in [2.75, 3.05) is 7.11 Å². The number of carbonyl (C=O) groups is 1. The Labute approximate surface area is 133 Å². The highest BCUT2D eigenvalue weighted by molar-refractivity contribution is 6.32. The van der Waals surface area contributed by atoms with E-state index in [4.69, 9.17) is 26.2 Å². The van der Waals surface area contributed by atoms with Crippen LogP contribution >= 0.6 is 11.6 Å². The van der Waals surface area contributed by atoms with Crippen LogP contribution in [0.25, 0.3) is 0 Å². The highest BCUT2D eigenvalue weighted by Gasteiger charge is 2.35. The molecule has 122 valence electrons. The summed E-state index contributed by atoms with van der Waals surface area (Å²) in [5.74, 6) is -2.38. The molecule has 1 N–H and O–H groups in total. The minimum Gasteiger partial charge on any atom is -0.496 e. The summed E-state index contributed by atoms with van der Waals surface area (Å²) in [6.07, 6.45) is -4.70. The van der Waals surface area contributed by atoms with Gasteiger partial charge in [0.2, 0.25) is 5.88 Å². The molecule has 0 unspecified atom stereocenters. The monoisotopic (exact) mass is 347 g/mol. The molecule has 23 heavy (non-hydrogen) atoms. The molecule has 0 radical (unpaired) electrons. The number of carboxylic acids is 1. The van der Waals surface area contributed by atoms with E-state index in [9.17, 15) is 18.0 Å². The summed E-state index contributed by atoms with van der Waals surface area (Å²) in [5.41, 5.74) is -1.55. The number of aromatic nitrogens is 1. The van der Waals surface area contributed by atoms with Crippen molar-refractivity contribution in [1.29, 1.82) is 0 Å². The number of hydrogen-bond acceptors (Lipinski definition) is 4. The van der Waals surface area contributed by atoms with Crippen molar-refractivity contribution in [1.82, 2.24) is 4.98 Å². The molecule has 1 aromatic heterocycles. The molecule has 0 aliphatic heterocycles. The number of benzene rings is 1. The first-order chi connectivity index (χ1) is 10.7. The quantitative estimate of drug-likeness (QED) is 0.895. The van der Waals surface area contributed by atoms with Gasteiger partial charge >= 0.3 is 12.1 Å². The fourth-order valence-electron chi connectivity index (χ4n) is 1.70. The van der Waals surface area contributed by atoms with Gasteiger partial charge in [-0.3, -0.25) is 0 Å². The van der Waals surface area contributed by atoms with E-state index in [0.29, 0.717) is 0 Å². The summed E-state index contributed by atoms with van der Waals surface area (Å²) in [6, 6.07) is 5.38. The van der Waals surface area contributed by atoms with Crippen molar-refractivity contribution >= 4 is 17.6 Å². The second-order valence-corrected chi connectivity index (χ2v) is 4.66. The minimum absolute atomic E-state index is 0.0630. The minimum atomic E-state index is -4.70. The van der Waals surface area contributed by atoms with Crippen LogP contribution in [-0.4, -0.2) is 23.2 Å². The number of rotatable bonds is 4. The molecule has 2 aromatic rings. The molecule has 1 aromatic carbocycles. The van der Waals surface area contributed by atoms with Crippen LogP contribution in [0.5, 0.6) is 17.4 Å². The van der Waals surface area contributed by atoms with E-state index in [1.165, 1.54) is 13.2 Å².